The SMILES string of the molecule is Cn1cncc1CN1CCC2(CCc3c2nc(-c2cccnc2)[nH]c3=O)CC1. The Balaban J connectivity index is 1.41. The Bertz CT molecular complexity index is 1050. The number of H-pyrrole nitrogens is 1. The van der Waals surface area contributed by atoms with Gasteiger partial charge in [-0.15, -0.1) is 0 Å². The Labute approximate surface area is 163 Å². The first-order valence-electron chi connectivity index (χ1n) is 9.86. The minimum Gasteiger partial charge on any atom is -0.337 e. The second-order valence-electron chi connectivity index (χ2n) is 8.04. The normalized spacial score (nSPS) is 18.5. The quantitative estimate of drug-likeness (QED) is 0.757. The van der Waals surface area contributed by atoms with E-state index in [0.717, 1.165) is 62.1 Å². The number of imidazole rings is 1. The van der Waals surface area contributed by atoms with Crippen molar-refractivity contribution in [1.29, 1.82) is 0 Å². The van der Waals surface area contributed by atoms with Crippen LogP contribution in [0.25, 0.3) is 11.4 Å². The Kier molecular flexibility index (Phi) is 4.12. The average Bonchev–Trinajstić information content (AvgIpc) is 3.29. The van der Waals surface area contributed by atoms with Gasteiger partial charge in [-0.05, 0) is 50.9 Å². The molecule has 1 spiro atoms. The van der Waals surface area contributed by atoms with Crippen molar-refractivity contribution in [1.82, 2.24) is 29.4 Å². The molecule has 7 nitrogen and oxygen atoms in total. The Hall–Kier alpha value is -2.80. The van der Waals surface area contributed by atoms with Crippen LogP contribution in [0.15, 0.2) is 41.8 Å². The van der Waals surface area contributed by atoms with Gasteiger partial charge >= 0.3 is 0 Å². The molecule has 0 unspecified atom stereocenters. The van der Waals surface area contributed by atoms with Crippen molar-refractivity contribution in [3.63, 3.8) is 0 Å². The highest BCUT2D eigenvalue weighted by molar-refractivity contribution is 5.54. The van der Waals surface area contributed by atoms with Crippen LogP contribution in [0.3, 0.4) is 0 Å². The van der Waals surface area contributed by atoms with Crippen LogP contribution in [0, 0.1) is 0 Å². The Morgan fingerprint density at radius 2 is 2.04 bits per heavy atom. The van der Waals surface area contributed by atoms with Crippen LogP contribution in [0.4, 0.5) is 0 Å². The lowest BCUT2D eigenvalue weighted by molar-refractivity contribution is 0.147. The molecule has 1 saturated heterocycles. The number of hydrogen-bond acceptors (Lipinski definition) is 5. The van der Waals surface area contributed by atoms with Gasteiger partial charge in [-0.2, -0.15) is 0 Å². The number of aryl methyl sites for hydroxylation is 1. The predicted molar refractivity (Wildman–Crippen MR) is 106 cm³/mol. The van der Waals surface area contributed by atoms with E-state index in [9.17, 15) is 4.79 Å². The molecule has 1 aliphatic heterocycles. The van der Waals surface area contributed by atoms with Gasteiger partial charge in [0, 0.05) is 48.7 Å². The van der Waals surface area contributed by atoms with E-state index in [1.807, 2.05) is 31.7 Å². The summed E-state index contributed by atoms with van der Waals surface area (Å²) >= 11 is 0. The first-order chi connectivity index (χ1) is 13.6. The van der Waals surface area contributed by atoms with E-state index in [-0.39, 0.29) is 11.0 Å². The number of rotatable bonds is 3. The molecule has 144 valence electrons. The van der Waals surface area contributed by atoms with Gasteiger partial charge in [0.05, 0.1) is 17.7 Å². The summed E-state index contributed by atoms with van der Waals surface area (Å²) in [4.78, 5) is 31.5. The number of pyridine rings is 1. The van der Waals surface area contributed by atoms with Crippen LogP contribution in [-0.4, -0.2) is 42.5 Å². The number of nitrogens with one attached hydrogen (secondary N) is 1. The van der Waals surface area contributed by atoms with Crippen LogP contribution in [0.2, 0.25) is 0 Å². The van der Waals surface area contributed by atoms with Gasteiger partial charge in [-0.3, -0.25) is 14.7 Å². The minimum absolute atomic E-state index is 0.0121. The van der Waals surface area contributed by atoms with E-state index in [1.54, 1.807) is 12.4 Å². The van der Waals surface area contributed by atoms with E-state index < -0.39 is 0 Å². The topological polar surface area (TPSA) is 79.7 Å². The van der Waals surface area contributed by atoms with E-state index in [4.69, 9.17) is 4.98 Å². The van der Waals surface area contributed by atoms with E-state index in [0.29, 0.717) is 5.82 Å². The summed E-state index contributed by atoms with van der Waals surface area (Å²) in [6, 6.07) is 3.81. The van der Waals surface area contributed by atoms with Crippen LogP contribution in [0.1, 0.15) is 36.2 Å². The zero-order valence-electron chi connectivity index (χ0n) is 16.1. The summed E-state index contributed by atoms with van der Waals surface area (Å²) in [7, 11) is 2.04. The fraction of sp³-hybridized carbons (Fsp3) is 0.429. The Morgan fingerprint density at radius 3 is 2.75 bits per heavy atom. The molecule has 0 radical (unpaired) electrons. The van der Waals surface area contributed by atoms with Gasteiger partial charge in [0.25, 0.3) is 5.56 Å². The van der Waals surface area contributed by atoms with Crippen LogP contribution in [-0.2, 0) is 25.4 Å². The van der Waals surface area contributed by atoms with E-state index in [2.05, 4.69) is 24.4 Å². The van der Waals surface area contributed by atoms with Crippen LogP contribution < -0.4 is 5.56 Å². The third-order valence-corrected chi connectivity index (χ3v) is 6.42. The van der Waals surface area contributed by atoms with Crippen molar-refractivity contribution in [2.75, 3.05) is 13.1 Å². The highest BCUT2D eigenvalue weighted by Crippen LogP contribution is 2.44. The lowest BCUT2D eigenvalue weighted by Gasteiger charge is -2.39. The molecule has 1 N–H and O–H groups in total. The number of aromatic amines is 1. The first-order valence-corrected chi connectivity index (χ1v) is 9.86. The smallest absolute Gasteiger partial charge is 0.254 e. The number of fused-ring (bicyclic) bond motifs is 2. The second kappa shape index (κ2) is 6.67. The van der Waals surface area contributed by atoms with Crippen molar-refractivity contribution in [2.45, 2.75) is 37.6 Å². The molecule has 0 amide bonds. The Morgan fingerprint density at radius 1 is 1.18 bits per heavy atom. The standard InChI is InChI=1S/C21H24N6O/c1-26-14-23-12-16(26)13-27-9-6-21(7-10-27)5-4-17-18(21)24-19(25-20(17)28)15-3-2-8-22-11-15/h2-3,8,11-12,14H,4-7,9-10,13H2,1H3,(H,24,25,28). The van der Waals surface area contributed by atoms with E-state index >= 15 is 0 Å². The van der Waals surface area contributed by atoms with E-state index in [1.165, 1.54) is 5.69 Å². The zero-order chi connectivity index (χ0) is 19.1. The maximum absolute atomic E-state index is 12.7. The highest BCUT2D eigenvalue weighted by atomic mass is 16.1. The van der Waals surface area contributed by atoms with Gasteiger partial charge in [0.1, 0.15) is 5.82 Å². The van der Waals surface area contributed by atoms with Crippen molar-refractivity contribution in [3.05, 3.63) is 64.4 Å². The lowest BCUT2D eigenvalue weighted by Crippen LogP contribution is -2.42. The summed E-state index contributed by atoms with van der Waals surface area (Å²) in [5, 5.41) is 0. The molecule has 0 atom stereocenters. The first kappa shape index (κ1) is 17.3. The molecule has 28 heavy (non-hydrogen) atoms. The molecule has 0 saturated carbocycles. The minimum atomic E-state index is 0.0121. The molecular weight excluding hydrogens is 352 g/mol. The molecule has 3 aromatic rings. The average molecular weight is 376 g/mol. The summed E-state index contributed by atoms with van der Waals surface area (Å²) in [6.45, 7) is 2.95. The largest absolute Gasteiger partial charge is 0.337 e. The second-order valence-corrected chi connectivity index (χ2v) is 8.04. The molecule has 5 rings (SSSR count). The summed E-state index contributed by atoms with van der Waals surface area (Å²) in [6.07, 6.45) is 11.2. The molecule has 1 aliphatic carbocycles. The van der Waals surface area contributed by atoms with Gasteiger partial charge < -0.3 is 9.55 Å². The molecule has 3 aromatic heterocycles. The number of piperidine rings is 1. The molecule has 2 aliphatic rings. The highest BCUT2D eigenvalue weighted by Gasteiger charge is 2.44. The number of hydrogen-bond donors (Lipinski definition) is 1. The van der Waals surface area contributed by atoms with Crippen LogP contribution in [0.5, 0.6) is 0 Å². The van der Waals surface area contributed by atoms with Crippen molar-refractivity contribution in [2.24, 2.45) is 7.05 Å². The van der Waals surface area contributed by atoms with Gasteiger partial charge in [0.15, 0.2) is 0 Å². The van der Waals surface area contributed by atoms with Crippen molar-refractivity contribution >= 4 is 0 Å². The summed E-state index contributed by atoms with van der Waals surface area (Å²) < 4.78 is 2.08. The molecule has 0 bridgehead atoms. The number of likely N-dealkylation sites (tertiary alicyclic amines) is 1. The summed E-state index contributed by atoms with van der Waals surface area (Å²) in [5.41, 5.74) is 4.04. The molecule has 1 fully saturated rings. The van der Waals surface area contributed by atoms with Gasteiger partial charge in [-0.25, -0.2) is 9.97 Å². The molecule has 4 heterocycles. The third kappa shape index (κ3) is 2.86. The predicted octanol–water partition coefficient (Wildman–Crippen LogP) is 2.05. The fourth-order valence-corrected chi connectivity index (χ4v) is 4.68. The van der Waals surface area contributed by atoms with Gasteiger partial charge in [0.2, 0.25) is 0 Å². The maximum Gasteiger partial charge on any atom is 0.254 e. The van der Waals surface area contributed by atoms with Crippen LogP contribution >= 0.6 is 0 Å². The lowest BCUT2D eigenvalue weighted by atomic mass is 9.76. The number of aromatic nitrogens is 5. The molecule has 7 heteroatoms. The molecular formula is C21H24N6O. The molecule has 0 aromatic carbocycles. The fourth-order valence-electron chi connectivity index (χ4n) is 4.68. The van der Waals surface area contributed by atoms with Crippen molar-refractivity contribution < 1.29 is 0 Å². The summed E-state index contributed by atoms with van der Waals surface area (Å²) in [5.74, 6) is 0.635. The van der Waals surface area contributed by atoms with Gasteiger partial charge in [-0.1, -0.05) is 0 Å². The monoisotopic (exact) mass is 376 g/mol. The zero-order valence-corrected chi connectivity index (χ0v) is 16.1. The number of nitrogens with zero attached hydrogens (tertiary/aromatic N) is 5. The maximum atomic E-state index is 12.7. The third-order valence-electron chi connectivity index (χ3n) is 6.42. The van der Waals surface area contributed by atoms with Crippen molar-refractivity contribution in [3.8, 4) is 11.4 Å².